The Kier molecular flexibility index (Phi) is 4.84. The molecule has 2 rings (SSSR count). The topological polar surface area (TPSA) is 92.4 Å². The summed E-state index contributed by atoms with van der Waals surface area (Å²) in [7, 11) is 0. The minimum atomic E-state index is -0.807. The van der Waals surface area contributed by atoms with Crippen molar-refractivity contribution in [2.75, 3.05) is 11.1 Å². The van der Waals surface area contributed by atoms with Gasteiger partial charge in [-0.15, -0.1) is 0 Å². The largest absolute Gasteiger partial charge is 0.383 e. The molecule has 2 aromatic rings. The number of nitrogens with two attached hydrogens (primary N) is 1. The van der Waals surface area contributed by atoms with Crippen molar-refractivity contribution in [2.24, 2.45) is 5.10 Å². The van der Waals surface area contributed by atoms with Gasteiger partial charge < -0.3 is 11.1 Å². The van der Waals surface area contributed by atoms with E-state index in [2.05, 4.69) is 20.8 Å². The van der Waals surface area contributed by atoms with Crippen molar-refractivity contribution in [3.8, 4) is 0 Å². The lowest BCUT2D eigenvalue weighted by Gasteiger charge is -2.04. The number of carbonyl (C=O) groups is 1. The van der Waals surface area contributed by atoms with Crippen LogP contribution in [0.5, 0.6) is 0 Å². The molecule has 0 aliphatic rings. The number of rotatable bonds is 3. The third-order valence-corrected chi connectivity index (χ3v) is 2.62. The Morgan fingerprint density at radius 2 is 1.95 bits per heavy atom. The summed E-state index contributed by atoms with van der Waals surface area (Å²) in [4.78, 5) is 15.3. The molecule has 0 aliphatic heterocycles. The van der Waals surface area contributed by atoms with Gasteiger partial charge in [0.05, 0.1) is 6.21 Å². The van der Waals surface area contributed by atoms with E-state index in [-0.39, 0.29) is 16.7 Å². The molecule has 0 fully saturated rings. The summed E-state index contributed by atoms with van der Waals surface area (Å²) in [5, 5.41) is 6.09. The molecule has 1 aromatic heterocycles. The van der Waals surface area contributed by atoms with Gasteiger partial charge in [0.1, 0.15) is 22.6 Å². The van der Waals surface area contributed by atoms with E-state index in [1.807, 2.05) is 0 Å². The number of nitrogens with one attached hydrogen (secondary N) is 2. The monoisotopic (exact) mass is 325 g/mol. The van der Waals surface area contributed by atoms with E-state index in [0.29, 0.717) is 11.6 Å². The Morgan fingerprint density at radius 3 is 2.59 bits per heavy atom. The van der Waals surface area contributed by atoms with Crippen molar-refractivity contribution in [1.82, 2.24) is 10.4 Å². The van der Waals surface area contributed by atoms with Crippen molar-refractivity contribution in [3.05, 3.63) is 52.7 Å². The number of benzene rings is 1. The van der Waals surface area contributed by atoms with Crippen LogP contribution in [0.1, 0.15) is 5.56 Å². The average Bonchev–Trinajstić information content (AvgIpc) is 2.40. The van der Waals surface area contributed by atoms with Crippen LogP contribution in [0.4, 0.5) is 25.1 Å². The number of urea groups is 1. The lowest BCUT2D eigenvalue weighted by molar-refractivity contribution is 0.252. The number of nitrogens with zero attached hydrogens (tertiary/aromatic N) is 2. The van der Waals surface area contributed by atoms with E-state index >= 15 is 0 Å². The van der Waals surface area contributed by atoms with Gasteiger partial charge in [-0.25, -0.2) is 24.0 Å². The van der Waals surface area contributed by atoms with Crippen LogP contribution in [0, 0.1) is 11.6 Å². The van der Waals surface area contributed by atoms with Crippen molar-refractivity contribution in [2.45, 2.75) is 0 Å². The van der Waals surface area contributed by atoms with E-state index in [9.17, 15) is 13.6 Å². The lowest BCUT2D eigenvalue weighted by atomic mass is 10.3. The van der Waals surface area contributed by atoms with Crippen LogP contribution in [0.15, 0.2) is 35.4 Å². The molecule has 1 heterocycles. The number of anilines is 2. The Balaban J connectivity index is 1.96. The third kappa shape index (κ3) is 4.38. The van der Waals surface area contributed by atoms with Gasteiger partial charge >= 0.3 is 6.03 Å². The second-order valence-electron chi connectivity index (χ2n) is 4.09. The Morgan fingerprint density at radius 1 is 1.27 bits per heavy atom. The summed E-state index contributed by atoms with van der Waals surface area (Å²) in [5.41, 5.74) is 8.12. The van der Waals surface area contributed by atoms with Gasteiger partial charge in [-0.05, 0) is 24.3 Å². The highest BCUT2D eigenvalue weighted by atomic mass is 35.5. The number of amides is 2. The minimum Gasteiger partial charge on any atom is -0.383 e. The Hall–Kier alpha value is -2.74. The number of hydrogen-bond donors (Lipinski definition) is 3. The van der Waals surface area contributed by atoms with Gasteiger partial charge in [-0.3, -0.25) is 0 Å². The van der Waals surface area contributed by atoms with E-state index in [0.717, 1.165) is 12.1 Å². The predicted octanol–water partition coefficient (Wildman–Crippen LogP) is 2.75. The molecule has 2 amide bonds. The number of pyridine rings is 1. The van der Waals surface area contributed by atoms with Crippen LogP contribution in [-0.4, -0.2) is 17.2 Å². The first-order valence-corrected chi connectivity index (χ1v) is 6.30. The average molecular weight is 326 g/mol. The van der Waals surface area contributed by atoms with Crippen LogP contribution in [0.3, 0.4) is 0 Å². The SMILES string of the molecule is Nc1nc(Cl)ccc1/C=N/NC(=O)Nc1cc(F)cc(F)c1. The van der Waals surface area contributed by atoms with Crippen molar-refractivity contribution < 1.29 is 13.6 Å². The summed E-state index contributed by atoms with van der Waals surface area (Å²) < 4.78 is 25.9. The number of carbonyl (C=O) groups excluding carboxylic acids is 1. The number of halogens is 3. The zero-order chi connectivity index (χ0) is 16.1. The summed E-state index contributed by atoms with van der Waals surface area (Å²) >= 11 is 5.64. The third-order valence-electron chi connectivity index (χ3n) is 2.41. The maximum Gasteiger partial charge on any atom is 0.339 e. The second-order valence-corrected chi connectivity index (χ2v) is 4.48. The highest BCUT2D eigenvalue weighted by Crippen LogP contribution is 2.13. The molecule has 4 N–H and O–H groups in total. The molecule has 0 atom stereocenters. The first-order chi connectivity index (χ1) is 10.4. The quantitative estimate of drug-likeness (QED) is 0.460. The van der Waals surface area contributed by atoms with Crippen LogP contribution in [-0.2, 0) is 0 Å². The van der Waals surface area contributed by atoms with Gasteiger partial charge in [0.2, 0.25) is 0 Å². The van der Waals surface area contributed by atoms with Gasteiger partial charge in [0.25, 0.3) is 0 Å². The first-order valence-electron chi connectivity index (χ1n) is 5.92. The molecule has 0 bridgehead atoms. The molecule has 0 aliphatic carbocycles. The molecule has 6 nitrogen and oxygen atoms in total. The molecule has 0 saturated heterocycles. The Bertz CT molecular complexity index is 718. The van der Waals surface area contributed by atoms with Crippen molar-refractivity contribution >= 4 is 35.4 Å². The standard InChI is InChI=1S/C13H10ClF2N5O/c14-11-2-1-7(12(17)20-11)6-18-21-13(22)19-10-4-8(15)3-9(16)5-10/h1-6H,(H2,17,20)(H2,19,21,22)/b18-6+. The fourth-order valence-electron chi connectivity index (χ4n) is 1.52. The molecular formula is C13H10ClF2N5O. The smallest absolute Gasteiger partial charge is 0.339 e. The van der Waals surface area contributed by atoms with Crippen LogP contribution in [0.2, 0.25) is 5.15 Å². The van der Waals surface area contributed by atoms with Gasteiger partial charge in [0.15, 0.2) is 0 Å². The van der Waals surface area contributed by atoms with Crippen LogP contribution < -0.4 is 16.5 Å². The van der Waals surface area contributed by atoms with Gasteiger partial charge in [-0.1, -0.05) is 11.6 Å². The van der Waals surface area contributed by atoms with E-state index in [4.69, 9.17) is 17.3 Å². The molecule has 9 heteroatoms. The molecule has 22 heavy (non-hydrogen) atoms. The molecule has 1 aromatic carbocycles. The number of hydrogen-bond acceptors (Lipinski definition) is 4. The molecule has 0 radical (unpaired) electrons. The van der Waals surface area contributed by atoms with E-state index in [1.165, 1.54) is 12.3 Å². The summed E-state index contributed by atoms with van der Waals surface area (Å²) in [5.74, 6) is -1.47. The summed E-state index contributed by atoms with van der Waals surface area (Å²) in [6.45, 7) is 0. The van der Waals surface area contributed by atoms with Gasteiger partial charge in [0, 0.05) is 17.3 Å². The molecular weight excluding hydrogens is 316 g/mol. The zero-order valence-electron chi connectivity index (χ0n) is 11.0. The fourth-order valence-corrected chi connectivity index (χ4v) is 1.67. The lowest BCUT2D eigenvalue weighted by Crippen LogP contribution is -2.24. The predicted molar refractivity (Wildman–Crippen MR) is 79.8 cm³/mol. The number of aromatic nitrogens is 1. The summed E-state index contributed by atoms with van der Waals surface area (Å²) in [6, 6.07) is 4.92. The highest BCUT2D eigenvalue weighted by Gasteiger charge is 2.04. The van der Waals surface area contributed by atoms with Crippen molar-refractivity contribution in [1.29, 1.82) is 0 Å². The highest BCUT2D eigenvalue weighted by molar-refractivity contribution is 6.29. The molecule has 0 saturated carbocycles. The van der Waals surface area contributed by atoms with Crippen molar-refractivity contribution in [3.63, 3.8) is 0 Å². The van der Waals surface area contributed by atoms with E-state index in [1.54, 1.807) is 6.07 Å². The van der Waals surface area contributed by atoms with Crippen LogP contribution >= 0.6 is 11.6 Å². The Labute approximate surface area is 129 Å². The second kappa shape index (κ2) is 6.81. The fraction of sp³-hybridized carbons (Fsp3) is 0. The first kappa shape index (κ1) is 15.6. The molecule has 114 valence electrons. The van der Waals surface area contributed by atoms with E-state index < -0.39 is 17.7 Å². The number of nitrogen functional groups attached to an aromatic ring is 1. The van der Waals surface area contributed by atoms with Crippen LogP contribution in [0.25, 0.3) is 0 Å². The maximum absolute atomic E-state index is 13.0. The minimum absolute atomic E-state index is 0.0436. The maximum atomic E-state index is 13.0. The molecule has 0 unspecified atom stereocenters. The summed E-state index contributed by atoms with van der Waals surface area (Å²) in [6.07, 6.45) is 1.25. The zero-order valence-corrected chi connectivity index (χ0v) is 11.7. The normalized spacial score (nSPS) is 10.7. The molecule has 0 spiro atoms. The number of hydrazone groups is 1. The van der Waals surface area contributed by atoms with Gasteiger partial charge in [-0.2, -0.15) is 5.10 Å².